The van der Waals surface area contributed by atoms with Gasteiger partial charge in [0.05, 0.1) is 22.7 Å². The monoisotopic (exact) mass is 439 g/mol. The summed E-state index contributed by atoms with van der Waals surface area (Å²) in [5, 5.41) is 11.8. The molecular formula is C16H17ClF3N3O4S. The van der Waals surface area contributed by atoms with E-state index in [1.807, 2.05) is 6.07 Å². The maximum Gasteiger partial charge on any atom is 0.511 e. The average molecular weight is 440 g/mol. The van der Waals surface area contributed by atoms with Gasteiger partial charge >= 0.3 is 15.5 Å². The summed E-state index contributed by atoms with van der Waals surface area (Å²) in [4.78, 5) is 12.4. The molecule has 0 spiro atoms. The van der Waals surface area contributed by atoms with Crippen LogP contribution < -0.4 is 14.8 Å². The van der Waals surface area contributed by atoms with Crippen molar-refractivity contribution in [1.82, 2.24) is 10.0 Å². The number of nitriles is 1. The predicted molar refractivity (Wildman–Crippen MR) is 94.3 cm³/mol. The van der Waals surface area contributed by atoms with Gasteiger partial charge in [-0.25, -0.2) is 13.1 Å². The molecule has 0 saturated heterocycles. The van der Waals surface area contributed by atoms with Crippen molar-refractivity contribution in [2.24, 2.45) is 0 Å². The predicted octanol–water partition coefficient (Wildman–Crippen LogP) is 2.64. The maximum atomic E-state index is 12.4. The van der Waals surface area contributed by atoms with Crippen LogP contribution in [0.15, 0.2) is 12.1 Å². The minimum absolute atomic E-state index is 0.0433. The Balaban J connectivity index is 2.09. The van der Waals surface area contributed by atoms with Gasteiger partial charge in [0.15, 0.2) is 0 Å². The Morgan fingerprint density at radius 3 is 2.54 bits per heavy atom. The molecule has 154 valence electrons. The Bertz CT molecular complexity index is 924. The molecular weight excluding hydrogens is 423 g/mol. The largest absolute Gasteiger partial charge is 0.511 e. The van der Waals surface area contributed by atoms with Gasteiger partial charge in [-0.1, -0.05) is 11.6 Å². The molecule has 1 fully saturated rings. The molecule has 0 aromatic heterocycles. The number of hydrogen-bond acceptors (Lipinski definition) is 5. The first kappa shape index (κ1) is 22.3. The maximum absolute atomic E-state index is 12.4. The first-order valence-electron chi connectivity index (χ1n) is 8.05. The number of carbonyl (C=O) groups is 1. The quantitative estimate of drug-likeness (QED) is 0.679. The number of nitrogens with zero attached hydrogens (tertiary/aromatic N) is 1. The number of aryl methyl sites for hydroxylation is 1. The van der Waals surface area contributed by atoms with E-state index in [1.54, 1.807) is 6.92 Å². The number of benzene rings is 1. The van der Waals surface area contributed by atoms with E-state index in [0.717, 1.165) is 0 Å². The normalized spacial score (nSPS) is 16.8. The van der Waals surface area contributed by atoms with Gasteiger partial charge in [0.2, 0.25) is 0 Å². The molecule has 28 heavy (non-hydrogen) atoms. The number of nitrogens with one attached hydrogen (secondary N) is 2. The van der Waals surface area contributed by atoms with Crippen molar-refractivity contribution in [2.75, 3.05) is 6.61 Å². The Morgan fingerprint density at radius 1 is 1.43 bits per heavy atom. The van der Waals surface area contributed by atoms with E-state index < -0.39 is 39.6 Å². The van der Waals surface area contributed by atoms with Crippen molar-refractivity contribution in [2.45, 2.75) is 43.8 Å². The van der Waals surface area contributed by atoms with Crippen LogP contribution in [0.4, 0.5) is 13.2 Å². The van der Waals surface area contributed by atoms with Crippen molar-refractivity contribution >= 4 is 27.5 Å². The highest BCUT2D eigenvalue weighted by atomic mass is 35.5. The molecule has 0 radical (unpaired) electrons. The van der Waals surface area contributed by atoms with Gasteiger partial charge < -0.3 is 10.1 Å². The van der Waals surface area contributed by atoms with Gasteiger partial charge in [-0.15, -0.1) is 0 Å². The fourth-order valence-corrected chi connectivity index (χ4v) is 3.17. The lowest BCUT2D eigenvalue weighted by molar-refractivity contribution is -0.0451. The number of ether oxygens (including phenoxy) is 1. The topological polar surface area (TPSA) is 108 Å². The molecule has 12 heteroatoms. The van der Waals surface area contributed by atoms with Crippen LogP contribution in [-0.2, 0) is 10.0 Å². The summed E-state index contributed by atoms with van der Waals surface area (Å²) in [6.45, 7) is 2.38. The molecule has 2 rings (SSSR count). The fourth-order valence-electron chi connectivity index (χ4n) is 2.25. The van der Waals surface area contributed by atoms with Crippen molar-refractivity contribution in [3.8, 4) is 11.8 Å². The Kier molecular flexibility index (Phi) is 6.18. The molecule has 1 atom stereocenters. The lowest BCUT2D eigenvalue weighted by Gasteiger charge is -2.18. The molecule has 2 N–H and O–H groups in total. The van der Waals surface area contributed by atoms with Crippen molar-refractivity contribution in [1.29, 1.82) is 5.26 Å². The molecule has 1 aromatic rings. The zero-order valence-corrected chi connectivity index (χ0v) is 16.4. The van der Waals surface area contributed by atoms with Gasteiger partial charge in [0.1, 0.15) is 17.9 Å². The number of alkyl halides is 3. The smallest absolute Gasteiger partial charge is 0.492 e. The highest BCUT2D eigenvalue weighted by Crippen LogP contribution is 2.35. The van der Waals surface area contributed by atoms with E-state index in [-0.39, 0.29) is 16.3 Å². The molecule has 1 saturated carbocycles. The van der Waals surface area contributed by atoms with E-state index in [4.69, 9.17) is 21.6 Å². The number of halogens is 4. The third-order valence-electron chi connectivity index (χ3n) is 3.95. The van der Waals surface area contributed by atoms with Crippen LogP contribution >= 0.6 is 11.6 Å². The molecule has 1 aliphatic carbocycles. The Morgan fingerprint density at radius 2 is 2.04 bits per heavy atom. The standard InChI is InChI=1S/C16H17ClF3N3O4S/c1-9-5-11(27-7-10(2)23-28(25,26)16(18,19)20)6-12(13(9)17)14(24)22-15(8-21)3-4-15/h5-6,10,23H,3-4,7H2,1-2H3,(H,22,24). The first-order chi connectivity index (χ1) is 12.8. The molecule has 1 amide bonds. The number of hydrogen-bond donors (Lipinski definition) is 2. The van der Waals surface area contributed by atoms with Gasteiger partial charge in [-0.05, 0) is 44.4 Å². The summed E-state index contributed by atoms with van der Waals surface area (Å²) in [5.41, 5.74) is -5.82. The molecule has 1 unspecified atom stereocenters. The summed E-state index contributed by atoms with van der Waals surface area (Å²) < 4.78 is 66.2. The number of amides is 1. The van der Waals surface area contributed by atoms with E-state index in [9.17, 15) is 26.4 Å². The Hall–Kier alpha value is -2.03. The Labute approximate surface area is 164 Å². The number of sulfonamides is 1. The summed E-state index contributed by atoms with van der Waals surface area (Å²) >= 11 is 6.14. The van der Waals surface area contributed by atoms with E-state index >= 15 is 0 Å². The van der Waals surface area contributed by atoms with Crippen molar-refractivity contribution in [3.63, 3.8) is 0 Å². The van der Waals surface area contributed by atoms with Crippen molar-refractivity contribution in [3.05, 3.63) is 28.3 Å². The molecule has 0 heterocycles. The second kappa shape index (κ2) is 7.77. The molecule has 0 aliphatic heterocycles. The van der Waals surface area contributed by atoms with Crippen molar-refractivity contribution < 1.29 is 31.1 Å². The van der Waals surface area contributed by atoms with E-state index in [2.05, 4.69) is 5.32 Å². The summed E-state index contributed by atoms with van der Waals surface area (Å²) in [6, 6.07) is 3.57. The summed E-state index contributed by atoms with van der Waals surface area (Å²) in [7, 11) is -5.50. The second-order valence-electron chi connectivity index (χ2n) is 6.53. The van der Waals surface area contributed by atoms with Gasteiger partial charge in [0.25, 0.3) is 5.91 Å². The minimum atomic E-state index is -5.50. The van der Waals surface area contributed by atoms with Crippen LogP contribution in [0, 0.1) is 18.3 Å². The van der Waals surface area contributed by atoms with Crippen LogP contribution in [-0.4, -0.2) is 38.0 Å². The summed E-state index contributed by atoms with van der Waals surface area (Å²) in [6.07, 6.45) is 1.05. The highest BCUT2D eigenvalue weighted by molar-refractivity contribution is 7.90. The molecule has 7 nitrogen and oxygen atoms in total. The zero-order valence-electron chi connectivity index (χ0n) is 14.9. The lowest BCUT2D eigenvalue weighted by Crippen LogP contribution is -2.43. The fraction of sp³-hybridized carbons (Fsp3) is 0.500. The van der Waals surface area contributed by atoms with Crippen LogP contribution in [0.25, 0.3) is 0 Å². The number of rotatable bonds is 7. The zero-order chi connectivity index (χ0) is 21.3. The number of carbonyl (C=O) groups excluding carboxylic acids is 1. The van der Waals surface area contributed by atoms with Crippen LogP contribution in [0.1, 0.15) is 35.7 Å². The lowest BCUT2D eigenvalue weighted by atomic mass is 10.1. The van der Waals surface area contributed by atoms with Crippen LogP contribution in [0.2, 0.25) is 5.02 Å². The first-order valence-corrected chi connectivity index (χ1v) is 9.92. The van der Waals surface area contributed by atoms with E-state index in [1.165, 1.54) is 23.8 Å². The highest BCUT2D eigenvalue weighted by Gasteiger charge is 2.46. The minimum Gasteiger partial charge on any atom is -0.492 e. The molecule has 1 aromatic carbocycles. The molecule has 1 aliphatic rings. The van der Waals surface area contributed by atoms with Crippen LogP contribution in [0.3, 0.4) is 0 Å². The third-order valence-corrected chi connectivity index (χ3v) is 5.77. The molecule has 0 bridgehead atoms. The average Bonchev–Trinajstić information content (AvgIpc) is 3.34. The summed E-state index contributed by atoms with van der Waals surface area (Å²) in [5.74, 6) is -0.463. The van der Waals surface area contributed by atoms with Gasteiger partial charge in [0, 0.05) is 0 Å². The van der Waals surface area contributed by atoms with Gasteiger partial charge in [-0.2, -0.15) is 18.4 Å². The SMILES string of the molecule is Cc1cc(OCC(C)NS(=O)(=O)C(F)(F)F)cc(C(=O)NC2(C#N)CC2)c1Cl. The third kappa shape index (κ3) is 5.06. The van der Waals surface area contributed by atoms with Gasteiger partial charge in [-0.3, -0.25) is 4.79 Å². The second-order valence-corrected chi connectivity index (χ2v) is 8.61. The van der Waals surface area contributed by atoms with Crippen LogP contribution in [0.5, 0.6) is 5.75 Å². The van der Waals surface area contributed by atoms with E-state index in [0.29, 0.717) is 18.4 Å².